The van der Waals surface area contributed by atoms with E-state index in [-0.39, 0.29) is 0 Å². The molecule has 0 bridgehead atoms. The molecule has 118 valence electrons. The molecule has 0 radical (unpaired) electrons. The Balaban J connectivity index is 1.76. The van der Waals surface area contributed by atoms with Crippen molar-refractivity contribution in [2.45, 2.75) is 44.6 Å². The van der Waals surface area contributed by atoms with Gasteiger partial charge >= 0.3 is 0 Å². The molecule has 1 aromatic carbocycles. The zero-order valence-corrected chi connectivity index (χ0v) is 12.6. The lowest BCUT2D eigenvalue weighted by Crippen LogP contribution is -2.30. The summed E-state index contributed by atoms with van der Waals surface area (Å²) in [6, 6.07) is 2.56. The number of aromatic nitrogens is 2. The molecular formula is C17H21F2N3. The first-order valence-corrected chi connectivity index (χ1v) is 8.28. The van der Waals surface area contributed by atoms with Gasteiger partial charge in [-0.3, -0.25) is 0 Å². The number of rotatable bonds is 3. The predicted octanol–water partition coefficient (Wildman–Crippen LogP) is 3.58. The molecule has 1 saturated carbocycles. The van der Waals surface area contributed by atoms with Gasteiger partial charge in [0, 0.05) is 24.6 Å². The number of imidazole rings is 1. The van der Waals surface area contributed by atoms with E-state index in [1.54, 1.807) is 0 Å². The van der Waals surface area contributed by atoms with Crippen molar-refractivity contribution in [1.82, 2.24) is 14.9 Å². The van der Waals surface area contributed by atoms with Crippen molar-refractivity contribution in [2.24, 2.45) is 5.92 Å². The first-order chi connectivity index (χ1) is 10.7. The van der Waals surface area contributed by atoms with Crippen LogP contribution in [0.25, 0.3) is 11.0 Å². The largest absolute Gasteiger partial charge is 0.327 e. The minimum Gasteiger partial charge on any atom is -0.327 e. The number of nitrogens with zero attached hydrogens (tertiary/aromatic N) is 2. The van der Waals surface area contributed by atoms with E-state index in [0.717, 1.165) is 56.7 Å². The lowest BCUT2D eigenvalue weighted by atomic mass is 9.84. The van der Waals surface area contributed by atoms with Gasteiger partial charge in [-0.2, -0.15) is 0 Å². The van der Waals surface area contributed by atoms with E-state index in [9.17, 15) is 8.78 Å². The van der Waals surface area contributed by atoms with E-state index < -0.39 is 11.6 Å². The third-order valence-corrected chi connectivity index (χ3v) is 5.19. The summed E-state index contributed by atoms with van der Waals surface area (Å²) < 4.78 is 29.4. The maximum atomic E-state index is 13.7. The number of hydrogen-bond acceptors (Lipinski definition) is 2. The van der Waals surface area contributed by atoms with Gasteiger partial charge in [-0.1, -0.05) is 6.42 Å². The van der Waals surface area contributed by atoms with Gasteiger partial charge in [0.1, 0.15) is 5.82 Å². The molecule has 2 heterocycles. The monoisotopic (exact) mass is 305 g/mol. The number of fused-ring (bicyclic) bond motifs is 1. The summed E-state index contributed by atoms with van der Waals surface area (Å²) in [5.41, 5.74) is 1.34. The van der Waals surface area contributed by atoms with Crippen LogP contribution in [0.15, 0.2) is 12.1 Å². The van der Waals surface area contributed by atoms with Crippen LogP contribution in [0.3, 0.4) is 0 Å². The Labute approximate surface area is 128 Å². The molecule has 1 saturated heterocycles. The normalized spacial score (nSPS) is 20.5. The predicted molar refractivity (Wildman–Crippen MR) is 81.8 cm³/mol. The van der Waals surface area contributed by atoms with Gasteiger partial charge in [0.25, 0.3) is 0 Å². The molecule has 2 aliphatic rings. The van der Waals surface area contributed by atoms with Gasteiger partial charge in [-0.05, 0) is 44.7 Å². The van der Waals surface area contributed by atoms with Gasteiger partial charge in [0.15, 0.2) is 11.6 Å². The van der Waals surface area contributed by atoms with Crippen molar-refractivity contribution >= 4 is 11.0 Å². The topological polar surface area (TPSA) is 29.9 Å². The maximum absolute atomic E-state index is 13.7. The van der Waals surface area contributed by atoms with Crippen LogP contribution in [-0.4, -0.2) is 22.6 Å². The summed E-state index contributed by atoms with van der Waals surface area (Å²) in [4.78, 5) is 4.64. The van der Waals surface area contributed by atoms with Gasteiger partial charge in [0.05, 0.1) is 11.0 Å². The average Bonchev–Trinajstić information content (AvgIpc) is 2.77. The molecule has 0 amide bonds. The highest BCUT2D eigenvalue weighted by Gasteiger charge is 2.27. The molecule has 2 aromatic rings. The van der Waals surface area contributed by atoms with Gasteiger partial charge in [0.2, 0.25) is 0 Å². The Hall–Kier alpha value is -1.49. The highest BCUT2D eigenvalue weighted by molar-refractivity contribution is 5.76. The summed E-state index contributed by atoms with van der Waals surface area (Å²) in [5, 5.41) is 3.37. The molecule has 5 heteroatoms. The zero-order chi connectivity index (χ0) is 15.1. The summed E-state index contributed by atoms with van der Waals surface area (Å²) in [5.74, 6) is 0.494. The fraction of sp³-hybridized carbons (Fsp3) is 0.588. The molecule has 0 unspecified atom stereocenters. The average molecular weight is 305 g/mol. The van der Waals surface area contributed by atoms with Crippen LogP contribution in [0, 0.1) is 17.6 Å². The molecule has 1 aliphatic carbocycles. The molecule has 1 N–H and O–H groups in total. The number of hydrogen-bond donors (Lipinski definition) is 1. The summed E-state index contributed by atoms with van der Waals surface area (Å²) >= 11 is 0. The van der Waals surface area contributed by atoms with Gasteiger partial charge < -0.3 is 9.88 Å². The second-order valence-corrected chi connectivity index (χ2v) is 6.66. The zero-order valence-electron chi connectivity index (χ0n) is 12.6. The number of nitrogens with one attached hydrogen (secondary N) is 1. The SMILES string of the molecule is Fc1cc2nc(C3CCC3)n(CC3CCNCC3)c2cc1F. The smallest absolute Gasteiger partial charge is 0.161 e. The van der Waals surface area contributed by atoms with Crippen LogP contribution in [0.2, 0.25) is 0 Å². The van der Waals surface area contributed by atoms with Gasteiger partial charge in [-0.15, -0.1) is 0 Å². The van der Waals surface area contributed by atoms with Crippen molar-refractivity contribution in [3.8, 4) is 0 Å². The lowest BCUT2D eigenvalue weighted by molar-refractivity contribution is 0.318. The maximum Gasteiger partial charge on any atom is 0.161 e. The number of halogens is 2. The van der Waals surface area contributed by atoms with Crippen LogP contribution < -0.4 is 5.32 Å². The summed E-state index contributed by atoms with van der Waals surface area (Å²) in [6.45, 7) is 2.95. The van der Waals surface area contributed by atoms with Crippen LogP contribution in [0.4, 0.5) is 8.78 Å². The Kier molecular flexibility index (Phi) is 3.60. The van der Waals surface area contributed by atoms with E-state index in [0.29, 0.717) is 17.4 Å². The molecular weight excluding hydrogens is 284 g/mol. The second kappa shape index (κ2) is 5.61. The minimum atomic E-state index is -0.806. The van der Waals surface area contributed by atoms with Crippen molar-refractivity contribution in [2.75, 3.05) is 13.1 Å². The van der Waals surface area contributed by atoms with Crippen molar-refractivity contribution in [3.05, 3.63) is 29.6 Å². The minimum absolute atomic E-state index is 0.459. The molecule has 3 nitrogen and oxygen atoms in total. The van der Waals surface area contributed by atoms with Crippen LogP contribution >= 0.6 is 0 Å². The summed E-state index contributed by atoms with van der Waals surface area (Å²) in [7, 11) is 0. The lowest BCUT2D eigenvalue weighted by Gasteiger charge is -2.28. The molecule has 0 atom stereocenters. The highest BCUT2D eigenvalue weighted by atomic mass is 19.2. The van der Waals surface area contributed by atoms with Gasteiger partial charge in [-0.25, -0.2) is 13.8 Å². The quantitative estimate of drug-likeness (QED) is 0.939. The molecule has 1 aliphatic heterocycles. The van der Waals surface area contributed by atoms with Crippen molar-refractivity contribution in [3.63, 3.8) is 0 Å². The van der Waals surface area contributed by atoms with Crippen molar-refractivity contribution in [1.29, 1.82) is 0 Å². The Morgan fingerprint density at radius 1 is 1.09 bits per heavy atom. The fourth-order valence-electron chi connectivity index (χ4n) is 3.63. The Morgan fingerprint density at radius 2 is 1.82 bits per heavy atom. The second-order valence-electron chi connectivity index (χ2n) is 6.66. The standard InChI is InChI=1S/C17H21F2N3/c18-13-8-15-16(9-14(13)19)22(10-11-4-6-20-7-5-11)17(21-15)12-2-1-3-12/h8-9,11-12,20H,1-7,10H2. The van der Waals surface area contributed by atoms with Crippen LogP contribution in [0.1, 0.15) is 43.8 Å². The third-order valence-electron chi connectivity index (χ3n) is 5.19. The Bertz CT molecular complexity index is 685. The fourth-order valence-corrected chi connectivity index (χ4v) is 3.63. The molecule has 4 rings (SSSR count). The number of benzene rings is 1. The molecule has 22 heavy (non-hydrogen) atoms. The van der Waals surface area contributed by atoms with E-state index in [1.807, 2.05) is 0 Å². The van der Waals surface area contributed by atoms with E-state index >= 15 is 0 Å². The van der Waals surface area contributed by atoms with Crippen LogP contribution in [0.5, 0.6) is 0 Å². The van der Waals surface area contributed by atoms with Crippen molar-refractivity contribution < 1.29 is 8.78 Å². The Morgan fingerprint density at radius 3 is 2.50 bits per heavy atom. The van der Waals surface area contributed by atoms with E-state index in [1.165, 1.54) is 18.6 Å². The molecule has 1 aromatic heterocycles. The number of piperidine rings is 1. The first-order valence-electron chi connectivity index (χ1n) is 8.28. The third kappa shape index (κ3) is 2.41. The van der Waals surface area contributed by atoms with Crippen LogP contribution in [-0.2, 0) is 6.54 Å². The first kappa shape index (κ1) is 14.1. The molecule has 0 spiro atoms. The summed E-state index contributed by atoms with van der Waals surface area (Å²) in [6.07, 6.45) is 5.77. The van der Waals surface area contributed by atoms with E-state index in [4.69, 9.17) is 0 Å². The molecule has 2 fully saturated rings. The highest BCUT2D eigenvalue weighted by Crippen LogP contribution is 2.38. The van der Waals surface area contributed by atoms with E-state index in [2.05, 4.69) is 14.9 Å².